The largest absolute Gasteiger partial charge is 0.466 e. The van der Waals surface area contributed by atoms with Crippen molar-refractivity contribution in [3.8, 4) is 0 Å². The van der Waals surface area contributed by atoms with Gasteiger partial charge in [-0.25, -0.2) is 0 Å². The van der Waals surface area contributed by atoms with Crippen molar-refractivity contribution in [3.05, 3.63) is 0 Å². The lowest BCUT2D eigenvalue weighted by Crippen LogP contribution is -2.44. The summed E-state index contributed by atoms with van der Waals surface area (Å²) in [6.45, 7) is 6.99. The van der Waals surface area contributed by atoms with E-state index in [2.05, 4.69) is 12.2 Å². The highest BCUT2D eigenvalue weighted by Crippen LogP contribution is 2.17. The van der Waals surface area contributed by atoms with Crippen molar-refractivity contribution < 1.29 is 14.3 Å². The smallest absolute Gasteiger partial charge is 0.310 e. The fourth-order valence-electron chi connectivity index (χ4n) is 2.32. The van der Waals surface area contributed by atoms with Crippen LogP contribution >= 0.6 is 0 Å². The summed E-state index contributed by atoms with van der Waals surface area (Å²) < 4.78 is 5.05. The summed E-state index contributed by atoms with van der Waals surface area (Å²) in [5.41, 5.74) is 0. The fraction of sp³-hybridized carbons (Fsp3) is 0.857. The van der Waals surface area contributed by atoms with Crippen LogP contribution in [0.4, 0.5) is 0 Å². The molecule has 110 valence electrons. The average molecular weight is 270 g/mol. The minimum atomic E-state index is -0.126. The first-order valence-corrected chi connectivity index (χ1v) is 7.33. The molecule has 0 aromatic carbocycles. The Morgan fingerprint density at radius 1 is 1.37 bits per heavy atom. The van der Waals surface area contributed by atoms with Crippen LogP contribution in [-0.2, 0) is 14.3 Å². The van der Waals surface area contributed by atoms with Gasteiger partial charge in [0.15, 0.2) is 0 Å². The number of carbonyl (C=O) groups is 2. The van der Waals surface area contributed by atoms with Crippen molar-refractivity contribution in [1.82, 2.24) is 10.2 Å². The Labute approximate surface area is 115 Å². The minimum Gasteiger partial charge on any atom is -0.466 e. The van der Waals surface area contributed by atoms with Gasteiger partial charge in [0, 0.05) is 13.1 Å². The Morgan fingerprint density at radius 2 is 2.16 bits per heavy atom. The van der Waals surface area contributed by atoms with Crippen LogP contribution in [0.5, 0.6) is 0 Å². The van der Waals surface area contributed by atoms with Crippen LogP contribution in [0.25, 0.3) is 0 Å². The Hall–Kier alpha value is -1.10. The maximum atomic E-state index is 11.7. The molecular formula is C14H26N2O3. The molecule has 0 radical (unpaired) electrons. The van der Waals surface area contributed by atoms with Crippen LogP contribution in [0.3, 0.4) is 0 Å². The number of amides is 1. The van der Waals surface area contributed by atoms with E-state index in [9.17, 15) is 9.59 Å². The van der Waals surface area contributed by atoms with Gasteiger partial charge in [0.1, 0.15) is 0 Å². The summed E-state index contributed by atoms with van der Waals surface area (Å²) in [5, 5.41) is 2.90. The Bertz CT molecular complexity index is 294. The van der Waals surface area contributed by atoms with Gasteiger partial charge in [-0.15, -0.1) is 0 Å². The van der Waals surface area contributed by atoms with Crippen molar-refractivity contribution in [2.24, 2.45) is 5.92 Å². The summed E-state index contributed by atoms with van der Waals surface area (Å²) in [7, 11) is 0. The van der Waals surface area contributed by atoms with E-state index in [1.54, 1.807) is 0 Å². The average Bonchev–Trinajstić information content (AvgIpc) is 2.39. The van der Waals surface area contributed by atoms with E-state index < -0.39 is 0 Å². The first kappa shape index (κ1) is 16.0. The Morgan fingerprint density at radius 3 is 2.84 bits per heavy atom. The van der Waals surface area contributed by atoms with Gasteiger partial charge in [-0.1, -0.05) is 13.3 Å². The maximum absolute atomic E-state index is 11.7. The predicted molar refractivity (Wildman–Crippen MR) is 73.7 cm³/mol. The van der Waals surface area contributed by atoms with Gasteiger partial charge >= 0.3 is 5.97 Å². The Balaban J connectivity index is 2.30. The molecule has 1 rings (SSSR count). The summed E-state index contributed by atoms with van der Waals surface area (Å²) in [6.07, 6.45) is 3.91. The SMILES string of the molecule is CCCCNC(=O)CN1CCC[C@@H](C(=O)OCC)C1. The van der Waals surface area contributed by atoms with E-state index in [-0.39, 0.29) is 17.8 Å². The number of esters is 1. The number of carbonyl (C=O) groups excluding carboxylic acids is 2. The number of nitrogens with zero attached hydrogens (tertiary/aromatic N) is 1. The number of ether oxygens (including phenoxy) is 1. The Kier molecular flexibility index (Phi) is 7.48. The van der Waals surface area contributed by atoms with Crippen LogP contribution in [0, 0.1) is 5.92 Å². The van der Waals surface area contributed by atoms with Gasteiger partial charge in [-0.2, -0.15) is 0 Å². The predicted octanol–water partition coefficient (Wildman–Crippen LogP) is 1.18. The van der Waals surface area contributed by atoms with Gasteiger partial charge in [-0.05, 0) is 32.7 Å². The molecule has 1 aliphatic heterocycles. The first-order valence-electron chi connectivity index (χ1n) is 7.33. The number of unbranched alkanes of at least 4 members (excludes halogenated alkanes) is 1. The van der Waals surface area contributed by atoms with Crippen molar-refractivity contribution in [1.29, 1.82) is 0 Å². The van der Waals surface area contributed by atoms with Gasteiger partial charge in [0.25, 0.3) is 0 Å². The van der Waals surface area contributed by atoms with Crippen LogP contribution in [0.15, 0.2) is 0 Å². The molecule has 0 bridgehead atoms. The molecule has 5 heteroatoms. The van der Waals surface area contributed by atoms with Crippen LogP contribution in [0.1, 0.15) is 39.5 Å². The molecule has 1 N–H and O–H groups in total. The van der Waals surface area contributed by atoms with Gasteiger partial charge in [0.05, 0.1) is 19.1 Å². The molecule has 19 heavy (non-hydrogen) atoms. The fourth-order valence-corrected chi connectivity index (χ4v) is 2.32. The van der Waals surface area contributed by atoms with E-state index in [0.717, 1.165) is 38.8 Å². The highest BCUT2D eigenvalue weighted by molar-refractivity contribution is 5.78. The second kappa shape index (κ2) is 8.91. The summed E-state index contributed by atoms with van der Waals surface area (Å²) in [4.78, 5) is 25.5. The standard InChI is InChI=1S/C14H26N2O3/c1-3-5-8-15-13(17)11-16-9-6-7-12(10-16)14(18)19-4-2/h12H,3-11H2,1-2H3,(H,15,17)/t12-/m1/s1. The topological polar surface area (TPSA) is 58.6 Å². The van der Waals surface area contributed by atoms with E-state index in [0.29, 0.717) is 19.7 Å². The van der Waals surface area contributed by atoms with E-state index >= 15 is 0 Å². The molecule has 0 spiro atoms. The lowest BCUT2D eigenvalue weighted by molar-refractivity contribution is -0.150. The molecule has 0 unspecified atom stereocenters. The second-order valence-electron chi connectivity index (χ2n) is 5.03. The summed E-state index contributed by atoms with van der Waals surface area (Å²) >= 11 is 0. The number of nitrogens with one attached hydrogen (secondary N) is 1. The molecule has 1 heterocycles. The maximum Gasteiger partial charge on any atom is 0.310 e. The lowest BCUT2D eigenvalue weighted by atomic mass is 9.98. The van der Waals surface area contributed by atoms with Crippen LogP contribution < -0.4 is 5.32 Å². The molecule has 1 aliphatic rings. The molecule has 0 saturated carbocycles. The first-order chi connectivity index (χ1) is 9.17. The number of rotatable bonds is 7. The number of piperidine rings is 1. The summed E-state index contributed by atoms with van der Waals surface area (Å²) in [5.74, 6) is -0.145. The molecule has 1 amide bonds. The highest BCUT2D eigenvalue weighted by Gasteiger charge is 2.27. The molecule has 1 saturated heterocycles. The zero-order chi connectivity index (χ0) is 14.1. The third kappa shape index (κ3) is 6.05. The number of hydrogen-bond donors (Lipinski definition) is 1. The zero-order valence-electron chi connectivity index (χ0n) is 12.1. The number of likely N-dealkylation sites (tertiary alicyclic amines) is 1. The summed E-state index contributed by atoms with van der Waals surface area (Å²) in [6, 6.07) is 0. The molecule has 0 aliphatic carbocycles. The monoisotopic (exact) mass is 270 g/mol. The third-order valence-electron chi connectivity index (χ3n) is 3.35. The second-order valence-corrected chi connectivity index (χ2v) is 5.03. The van der Waals surface area contributed by atoms with Crippen LogP contribution in [0.2, 0.25) is 0 Å². The van der Waals surface area contributed by atoms with Crippen molar-refractivity contribution in [3.63, 3.8) is 0 Å². The van der Waals surface area contributed by atoms with Gasteiger partial charge < -0.3 is 10.1 Å². The van der Waals surface area contributed by atoms with Crippen molar-refractivity contribution in [2.75, 3.05) is 32.8 Å². The quantitative estimate of drug-likeness (QED) is 0.557. The molecule has 1 atom stereocenters. The van der Waals surface area contributed by atoms with Gasteiger partial charge in [-0.3, -0.25) is 14.5 Å². The molecule has 1 fully saturated rings. The van der Waals surface area contributed by atoms with Crippen molar-refractivity contribution in [2.45, 2.75) is 39.5 Å². The normalized spacial score (nSPS) is 20.0. The minimum absolute atomic E-state index is 0.0537. The number of hydrogen-bond acceptors (Lipinski definition) is 4. The van der Waals surface area contributed by atoms with Crippen LogP contribution in [-0.4, -0.2) is 49.6 Å². The highest BCUT2D eigenvalue weighted by atomic mass is 16.5. The van der Waals surface area contributed by atoms with E-state index in [1.807, 2.05) is 11.8 Å². The molecule has 0 aromatic heterocycles. The van der Waals surface area contributed by atoms with E-state index in [4.69, 9.17) is 4.74 Å². The zero-order valence-corrected chi connectivity index (χ0v) is 12.1. The van der Waals surface area contributed by atoms with Crippen molar-refractivity contribution >= 4 is 11.9 Å². The lowest BCUT2D eigenvalue weighted by Gasteiger charge is -2.30. The molecule has 0 aromatic rings. The van der Waals surface area contributed by atoms with E-state index in [1.165, 1.54) is 0 Å². The third-order valence-corrected chi connectivity index (χ3v) is 3.35. The van der Waals surface area contributed by atoms with Gasteiger partial charge in [0.2, 0.25) is 5.91 Å². The molecule has 5 nitrogen and oxygen atoms in total. The molecular weight excluding hydrogens is 244 g/mol.